The van der Waals surface area contributed by atoms with Crippen LogP contribution in [0.3, 0.4) is 0 Å². The van der Waals surface area contributed by atoms with Gasteiger partial charge in [-0.2, -0.15) is 0 Å². The van der Waals surface area contributed by atoms with Gasteiger partial charge in [0, 0.05) is 42.5 Å². The van der Waals surface area contributed by atoms with E-state index in [-0.39, 0.29) is 29.4 Å². The number of hydrogen-bond acceptors (Lipinski definition) is 3. The normalized spacial score (nSPS) is 17.4. The minimum absolute atomic E-state index is 0. The second kappa shape index (κ2) is 11.8. The summed E-state index contributed by atoms with van der Waals surface area (Å²) in [6.45, 7) is 8.51. The average molecular weight is 513 g/mol. The molecular weight excluding hydrogens is 481 g/mol. The number of aliphatic imine (C=N–C) groups is 1. The Balaban J connectivity index is 0.00000280. The van der Waals surface area contributed by atoms with E-state index in [9.17, 15) is 0 Å². The Morgan fingerprint density at radius 3 is 2.54 bits per heavy atom. The Kier molecular flexibility index (Phi) is 9.74. The molecule has 1 unspecified atom stereocenters. The molecule has 0 aliphatic carbocycles. The molecule has 0 radical (unpaired) electrons. The fraction of sp³-hybridized carbons (Fsp3) is 0.500. The molecule has 0 amide bonds. The number of rotatable bonds is 7. The van der Waals surface area contributed by atoms with Crippen molar-refractivity contribution in [3.63, 3.8) is 0 Å². The second-order valence-electron chi connectivity index (χ2n) is 7.25. The van der Waals surface area contributed by atoms with Crippen LogP contribution in [0.2, 0.25) is 0 Å². The highest BCUT2D eigenvalue weighted by molar-refractivity contribution is 14.0. The molecule has 1 fully saturated rings. The van der Waals surface area contributed by atoms with Gasteiger partial charge in [-0.3, -0.25) is 4.99 Å². The number of guanidine groups is 1. The molecule has 0 saturated carbocycles. The van der Waals surface area contributed by atoms with Gasteiger partial charge < -0.3 is 15.4 Å². The van der Waals surface area contributed by atoms with E-state index in [0.29, 0.717) is 5.92 Å². The predicted octanol–water partition coefficient (Wildman–Crippen LogP) is 4.77. The van der Waals surface area contributed by atoms with E-state index in [1.54, 1.807) is 0 Å². The molecule has 3 rings (SSSR count). The van der Waals surface area contributed by atoms with Gasteiger partial charge in [-0.25, -0.2) is 0 Å². The van der Waals surface area contributed by atoms with Gasteiger partial charge >= 0.3 is 0 Å². The molecule has 2 aromatic rings. The van der Waals surface area contributed by atoms with E-state index in [4.69, 9.17) is 9.73 Å². The molecule has 28 heavy (non-hydrogen) atoms. The number of hydrogen-bond donors (Lipinski definition) is 2. The van der Waals surface area contributed by atoms with Crippen molar-refractivity contribution in [3.8, 4) is 0 Å². The van der Waals surface area contributed by atoms with E-state index in [2.05, 4.69) is 72.3 Å². The average Bonchev–Trinajstić information content (AvgIpc) is 3.26. The summed E-state index contributed by atoms with van der Waals surface area (Å²) in [7, 11) is 0. The van der Waals surface area contributed by atoms with E-state index >= 15 is 0 Å². The first-order valence-corrected chi connectivity index (χ1v) is 10.8. The molecule has 0 bridgehead atoms. The van der Waals surface area contributed by atoms with E-state index in [1.807, 2.05) is 11.3 Å². The second-order valence-corrected chi connectivity index (χ2v) is 8.23. The van der Waals surface area contributed by atoms with Crippen molar-refractivity contribution in [2.24, 2.45) is 4.99 Å². The molecule has 2 heterocycles. The van der Waals surface area contributed by atoms with Crippen LogP contribution in [-0.2, 0) is 10.2 Å². The Bertz CT molecular complexity index is 700. The van der Waals surface area contributed by atoms with Gasteiger partial charge in [0.25, 0.3) is 0 Å². The monoisotopic (exact) mass is 513 g/mol. The molecule has 154 valence electrons. The summed E-state index contributed by atoms with van der Waals surface area (Å²) in [6.07, 6.45) is 2.04. The zero-order valence-electron chi connectivity index (χ0n) is 16.8. The minimum atomic E-state index is 0. The van der Waals surface area contributed by atoms with Gasteiger partial charge in [0.15, 0.2) is 5.96 Å². The predicted molar refractivity (Wildman–Crippen MR) is 130 cm³/mol. The molecule has 4 nitrogen and oxygen atoms in total. The minimum Gasteiger partial charge on any atom is -0.381 e. The number of thiophene rings is 1. The molecule has 1 aromatic carbocycles. The lowest BCUT2D eigenvalue weighted by molar-refractivity contribution is 0.0531. The molecule has 0 spiro atoms. The lowest BCUT2D eigenvalue weighted by atomic mass is 9.74. The van der Waals surface area contributed by atoms with Crippen molar-refractivity contribution in [3.05, 3.63) is 58.3 Å². The summed E-state index contributed by atoms with van der Waals surface area (Å²) < 4.78 is 5.64. The van der Waals surface area contributed by atoms with E-state index < -0.39 is 0 Å². The van der Waals surface area contributed by atoms with Crippen LogP contribution in [0.15, 0.2) is 52.8 Å². The van der Waals surface area contributed by atoms with Gasteiger partial charge in [0.2, 0.25) is 0 Å². The first-order valence-electron chi connectivity index (χ1n) is 9.92. The van der Waals surface area contributed by atoms with Crippen LogP contribution in [0.1, 0.15) is 43.0 Å². The lowest BCUT2D eigenvalue weighted by Gasteiger charge is -2.36. The summed E-state index contributed by atoms with van der Waals surface area (Å²) in [6, 6.07) is 15.1. The molecule has 1 atom stereocenters. The smallest absolute Gasteiger partial charge is 0.191 e. The topological polar surface area (TPSA) is 45.7 Å². The SMILES string of the molecule is CCNC(=NCC1(c2ccccc2)CCOCC1)NCC(C)c1cccs1.I. The van der Waals surface area contributed by atoms with Gasteiger partial charge in [0.1, 0.15) is 0 Å². The third kappa shape index (κ3) is 6.19. The van der Waals surface area contributed by atoms with Crippen molar-refractivity contribution < 1.29 is 4.74 Å². The van der Waals surface area contributed by atoms with Crippen LogP contribution < -0.4 is 10.6 Å². The third-order valence-corrected chi connectivity index (χ3v) is 6.43. The summed E-state index contributed by atoms with van der Waals surface area (Å²) >= 11 is 1.81. The number of halogens is 1. The van der Waals surface area contributed by atoms with Gasteiger partial charge in [-0.05, 0) is 36.8 Å². The molecular formula is C22H32IN3OS. The van der Waals surface area contributed by atoms with E-state index in [0.717, 1.165) is 51.6 Å². The van der Waals surface area contributed by atoms with Gasteiger partial charge in [-0.15, -0.1) is 35.3 Å². The number of ether oxygens (including phenoxy) is 1. The van der Waals surface area contributed by atoms with Crippen molar-refractivity contribution in [2.75, 3.05) is 32.8 Å². The Morgan fingerprint density at radius 2 is 1.89 bits per heavy atom. The Labute approximate surface area is 190 Å². The van der Waals surface area contributed by atoms with Crippen LogP contribution >= 0.6 is 35.3 Å². The van der Waals surface area contributed by atoms with E-state index in [1.165, 1.54) is 10.4 Å². The molecule has 2 N–H and O–H groups in total. The van der Waals surface area contributed by atoms with Crippen molar-refractivity contribution in [2.45, 2.75) is 38.0 Å². The quantitative estimate of drug-likeness (QED) is 0.319. The molecule has 1 saturated heterocycles. The van der Waals surface area contributed by atoms with Crippen molar-refractivity contribution in [1.29, 1.82) is 0 Å². The lowest BCUT2D eigenvalue weighted by Crippen LogP contribution is -2.42. The van der Waals surface area contributed by atoms with Crippen LogP contribution in [0, 0.1) is 0 Å². The first kappa shape index (κ1) is 23.2. The maximum atomic E-state index is 5.64. The summed E-state index contributed by atoms with van der Waals surface area (Å²) in [5.74, 6) is 1.38. The highest BCUT2D eigenvalue weighted by atomic mass is 127. The molecule has 1 aromatic heterocycles. The maximum absolute atomic E-state index is 5.64. The summed E-state index contributed by atoms with van der Waals surface area (Å²) in [4.78, 5) is 6.39. The third-order valence-electron chi connectivity index (χ3n) is 5.32. The largest absolute Gasteiger partial charge is 0.381 e. The van der Waals surface area contributed by atoms with Crippen LogP contribution in [0.4, 0.5) is 0 Å². The molecule has 1 aliphatic heterocycles. The zero-order valence-corrected chi connectivity index (χ0v) is 20.0. The first-order chi connectivity index (χ1) is 13.2. The number of nitrogens with one attached hydrogen (secondary N) is 2. The van der Waals surface area contributed by atoms with Gasteiger partial charge in [0.05, 0.1) is 6.54 Å². The van der Waals surface area contributed by atoms with Crippen LogP contribution in [0.5, 0.6) is 0 Å². The molecule has 6 heteroatoms. The van der Waals surface area contributed by atoms with Crippen LogP contribution in [0.25, 0.3) is 0 Å². The number of nitrogens with zero attached hydrogens (tertiary/aromatic N) is 1. The maximum Gasteiger partial charge on any atom is 0.191 e. The zero-order chi connectivity index (χ0) is 19.0. The summed E-state index contributed by atoms with van der Waals surface area (Å²) in [5, 5.41) is 9.07. The van der Waals surface area contributed by atoms with Crippen molar-refractivity contribution >= 4 is 41.3 Å². The highest BCUT2D eigenvalue weighted by Crippen LogP contribution is 2.35. The highest BCUT2D eigenvalue weighted by Gasteiger charge is 2.34. The number of benzene rings is 1. The standard InChI is InChI=1S/C22H31N3OS.HI/c1-3-23-21(24-16-18(2)20-10-7-15-27-20)25-17-22(11-13-26-14-12-22)19-8-5-4-6-9-19;/h4-10,15,18H,3,11-14,16-17H2,1-2H3,(H2,23,24,25);1H. The fourth-order valence-corrected chi connectivity index (χ4v) is 4.37. The Hall–Kier alpha value is -1.12. The van der Waals surface area contributed by atoms with Crippen LogP contribution in [-0.4, -0.2) is 38.8 Å². The fourth-order valence-electron chi connectivity index (χ4n) is 3.59. The summed E-state index contributed by atoms with van der Waals surface area (Å²) in [5.41, 5.74) is 1.45. The van der Waals surface area contributed by atoms with Gasteiger partial charge in [-0.1, -0.05) is 43.3 Å². The molecule has 1 aliphatic rings. The van der Waals surface area contributed by atoms with Crippen molar-refractivity contribution in [1.82, 2.24) is 10.6 Å². The Morgan fingerprint density at radius 1 is 1.14 bits per heavy atom.